The van der Waals surface area contributed by atoms with Gasteiger partial charge in [-0.1, -0.05) is 0 Å². The highest BCUT2D eigenvalue weighted by molar-refractivity contribution is 7.08. The largest absolute Gasteiger partial charge is 0.464 e. The summed E-state index contributed by atoms with van der Waals surface area (Å²) >= 11 is 1.57. The number of hydrogen-bond donors (Lipinski definition) is 0. The van der Waals surface area contributed by atoms with Gasteiger partial charge in [-0.25, -0.2) is 4.89 Å². The van der Waals surface area contributed by atoms with E-state index in [1.54, 1.807) is 18.4 Å². The standard InChI is InChI=1S/C17H30O7S/c1-18-8-9-19-6-3-2-4-7-20-10-11-21-12-13-23-24-16-22-17-5-14-25-15-17/h5,14-15H,2-4,6-13,16H2,1H3. The average molecular weight is 378 g/mol. The lowest BCUT2D eigenvalue weighted by Gasteiger charge is -2.07. The number of rotatable bonds is 19. The van der Waals surface area contributed by atoms with E-state index < -0.39 is 0 Å². The first-order valence-electron chi connectivity index (χ1n) is 8.55. The number of ether oxygens (including phenoxy) is 5. The minimum absolute atomic E-state index is 0.0667. The van der Waals surface area contributed by atoms with Gasteiger partial charge in [0.1, 0.15) is 12.4 Å². The topological polar surface area (TPSA) is 64.6 Å². The second kappa shape index (κ2) is 18.1. The van der Waals surface area contributed by atoms with Crippen molar-refractivity contribution >= 4 is 11.3 Å². The number of hydrogen-bond acceptors (Lipinski definition) is 8. The highest BCUT2D eigenvalue weighted by Gasteiger charge is 1.95. The van der Waals surface area contributed by atoms with Gasteiger partial charge in [0, 0.05) is 25.7 Å². The van der Waals surface area contributed by atoms with Gasteiger partial charge in [0.15, 0.2) is 0 Å². The molecule has 1 heterocycles. The van der Waals surface area contributed by atoms with Crippen LogP contribution in [0, 0.1) is 0 Å². The van der Waals surface area contributed by atoms with Crippen LogP contribution < -0.4 is 4.74 Å². The van der Waals surface area contributed by atoms with Crippen molar-refractivity contribution in [2.45, 2.75) is 19.3 Å². The third-order valence-corrected chi connectivity index (χ3v) is 3.71. The monoisotopic (exact) mass is 378 g/mol. The summed E-state index contributed by atoms with van der Waals surface area (Å²) in [7, 11) is 1.67. The minimum atomic E-state index is 0.0667. The predicted octanol–water partition coefficient (Wildman–Crippen LogP) is 2.90. The highest BCUT2D eigenvalue weighted by Crippen LogP contribution is 2.14. The second-order valence-corrected chi connectivity index (χ2v) is 5.83. The van der Waals surface area contributed by atoms with Gasteiger partial charge in [-0.3, -0.25) is 0 Å². The summed E-state index contributed by atoms with van der Waals surface area (Å²) in [4.78, 5) is 9.81. The molecule has 0 unspecified atom stereocenters. The molecular formula is C17H30O7S. The molecule has 0 N–H and O–H groups in total. The van der Waals surface area contributed by atoms with E-state index in [0.717, 1.165) is 38.2 Å². The van der Waals surface area contributed by atoms with E-state index in [0.29, 0.717) is 39.6 Å². The first-order chi connectivity index (χ1) is 12.4. The summed E-state index contributed by atoms with van der Waals surface area (Å²) < 4.78 is 26.4. The molecule has 0 saturated carbocycles. The summed E-state index contributed by atoms with van der Waals surface area (Å²) in [6, 6.07) is 1.87. The van der Waals surface area contributed by atoms with Gasteiger partial charge in [0.2, 0.25) is 6.79 Å². The quantitative estimate of drug-likeness (QED) is 0.159. The van der Waals surface area contributed by atoms with Crippen molar-refractivity contribution < 1.29 is 33.5 Å². The van der Waals surface area contributed by atoms with Crippen LogP contribution >= 0.6 is 11.3 Å². The fraction of sp³-hybridized carbons (Fsp3) is 0.765. The van der Waals surface area contributed by atoms with Crippen molar-refractivity contribution in [2.24, 2.45) is 0 Å². The third kappa shape index (κ3) is 15.2. The van der Waals surface area contributed by atoms with Crippen molar-refractivity contribution in [2.75, 3.05) is 66.8 Å². The maximum absolute atomic E-state index is 5.49. The number of thiophene rings is 1. The molecule has 8 heteroatoms. The van der Waals surface area contributed by atoms with Crippen LogP contribution in [0.1, 0.15) is 19.3 Å². The van der Waals surface area contributed by atoms with Crippen molar-refractivity contribution in [1.82, 2.24) is 0 Å². The molecule has 25 heavy (non-hydrogen) atoms. The van der Waals surface area contributed by atoms with Crippen LogP contribution in [0.15, 0.2) is 16.8 Å². The molecule has 0 spiro atoms. The Morgan fingerprint density at radius 3 is 2.12 bits per heavy atom. The average Bonchev–Trinajstić information content (AvgIpc) is 3.14. The first-order valence-corrected chi connectivity index (χ1v) is 9.49. The van der Waals surface area contributed by atoms with Crippen LogP contribution in [-0.2, 0) is 28.7 Å². The predicted molar refractivity (Wildman–Crippen MR) is 95.0 cm³/mol. The molecule has 1 rings (SSSR count). The van der Waals surface area contributed by atoms with Crippen molar-refractivity contribution in [1.29, 1.82) is 0 Å². The van der Waals surface area contributed by atoms with Gasteiger partial charge in [-0.05, 0) is 30.7 Å². The third-order valence-electron chi connectivity index (χ3n) is 3.04. The van der Waals surface area contributed by atoms with Crippen LogP contribution in [-0.4, -0.2) is 66.8 Å². The Labute approximate surface area is 154 Å². The lowest BCUT2D eigenvalue weighted by atomic mass is 10.2. The molecule has 0 radical (unpaired) electrons. The fourth-order valence-electron chi connectivity index (χ4n) is 1.76. The molecule has 0 fully saturated rings. The zero-order valence-electron chi connectivity index (χ0n) is 15.0. The van der Waals surface area contributed by atoms with Crippen molar-refractivity contribution in [3.63, 3.8) is 0 Å². The summed E-state index contributed by atoms with van der Waals surface area (Å²) in [6.45, 7) is 4.88. The normalized spacial score (nSPS) is 11.1. The van der Waals surface area contributed by atoms with E-state index in [2.05, 4.69) is 0 Å². The molecule has 0 aliphatic rings. The van der Waals surface area contributed by atoms with Gasteiger partial charge in [-0.2, -0.15) is 4.89 Å². The molecule has 0 saturated heterocycles. The van der Waals surface area contributed by atoms with Gasteiger partial charge < -0.3 is 23.7 Å². The SMILES string of the molecule is COCCOCCCCCOCCOCCOOCOc1ccsc1. The van der Waals surface area contributed by atoms with Crippen LogP contribution in [0.25, 0.3) is 0 Å². The molecule has 0 aliphatic heterocycles. The molecule has 0 aromatic carbocycles. The van der Waals surface area contributed by atoms with E-state index in [4.69, 9.17) is 33.5 Å². The van der Waals surface area contributed by atoms with Gasteiger partial charge in [0.25, 0.3) is 0 Å². The minimum Gasteiger partial charge on any atom is -0.464 e. The summed E-state index contributed by atoms with van der Waals surface area (Å²) in [5, 5.41) is 3.83. The lowest BCUT2D eigenvalue weighted by molar-refractivity contribution is -0.326. The Morgan fingerprint density at radius 1 is 0.760 bits per heavy atom. The Balaban J connectivity index is 1.65. The zero-order chi connectivity index (χ0) is 17.8. The van der Waals surface area contributed by atoms with E-state index >= 15 is 0 Å². The maximum atomic E-state index is 5.49. The Bertz CT molecular complexity index is 362. The summed E-state index contributed by atoms with van der Waals surface area (Å²) in [5.74, 6) is 0.778. The molecule has 146 valence electrons. The Morgan fingerprint density at radius 2 is 1.44 bits per heavy atom. The van der Waals surface area contributed by atoms with E-state index in [1.807, 2.05) is 16.8 Å². The van der Waals surface area contributed by atoms with Gasteiger partial charge in [-0.15, -0.1) is 11.3 Å². The molecule has 0 bridgehead atoms. The zero-order valence-corrected chi connectivity index (χ0v) is 15.8. The number of unbranched alkanes of at least 4 members (excludes halogenated alkanes) is 2. The van der Waals surface area contributed by atoms with Crippen LogP contribution in [0.3, 0.4) is 0 Å². The van der Waals surface area contributed by atoms with E-state index in [1.165, 1.54) is 0 Å². The van der Waals surface area contributed by atoms with Gasteiger partial charge in [0.05, 0.1) is 33.0 Å². The lowest BCUT2D eigenvalue weighted by Crippen LogP contribution is -2.11. The summed E-state index contributed by atoms with van der Waals surface area (Å²) in [5.41, 5.74) is 0. The maximum Gasteiger partial charge on any atom is 0.221 e. The molecule has 1 aromatic heterocycles. The van der Waals surface area contributed by atoms with Crippen molar-refractivity contribution in [3.05, 3.63) is 16.8 Å². The fourth-order valence-corrected chi connectivity index (χ4v) is 2.34. The molecular weight excluding hydrogens is 348 g/mol. The van der Waals surface area contributed by atoms with E-state index in [-0.39, 0.29) is 6.79 Å². The summed E-state index contributed by atoms with van der Waals surface area (Å²) in [6.07, 6.45) is 3.19. The number of methoxy groups -OCH3 is 1. The molecule has 0 atom stereocenters. The Kier molecular flexibility index (Phi) is 16.1. The second-order valence-electron chi connectivity index (χ2n) is 5.05. The van der Waals surface area contributed by atoms with Gasteiger partial charge >= 0.3 is 0 Å². The van der Waals surface area contributed by atoms with Crippen LogP contribution in [0.5, 0.6) is 5.75 Å². The van der Waals surface area contributed by atoms with E-state index in [9.17, 15) is 0 Å². The highest BCUT2D eigenvalue weighted by atomic mass is 32.1. The van der Waals surface area contributed by atoms with Crippen LogP contribution in [0.4, 0.5) is 0 Å². The molecule has 1 aromatic rings. The smallest absolute Gasteiger partial charge is 0.221 e. The molecule has 0 amide bonds. The van der Waals surface area contributed by atoms with Crippen LogP contribution in [0.2, 0.25) is 0 Å². The first kappa shape index (κ1) is 22.3. The van der Waals surface area contributed by atoms with Crippen molar-refractivity contribution in [3.8, 4) is 5.75 Å². The Hall–Kier alpha value is -0.740. The molecule has 7 nitrogen and oxygen atoms in total. The molecule has 0 aliphatic carbocycles.